The highest BCUT2D eigenvalue weighted by Crippen LogP contribution is 2.33. The van der Waals surface area contributed by atoms with Crippen LogP contribution in [0.25, 0.3) is 0 Å². The SMILES string of the molecule is CCNC1(C(=O)OCC)CCC(OCCOC)C1. The Morgan fingerprint density at radius 3 is 2.78 bits per heavy atom. The number of esters is 1. The van der Waals surface area contributed by atoms with Crippen LogP contribution in [0.15, 0.2) is 0 Å². The minimum Gasteiger partial charge on any atom is -0.465 e. The van der Waals surface area contributed by atoms with Gasteiger partial charge in [-0.05, 0) is 26.3 Å². The summed E-state index contributed by atoms with van der Waals surface area (Å²) in [6.45, 7) is 6.17. The summed E-state index contributed by atoms with van der Waals surface area (Å²) in [7, 11) is 1.65. The summed E-state index contributed by atoms with van der Waals surface area (Å²) in [5.74, 6) is -0.148. The van der Waals surface area contributed by atoms with E-state index in [4.69, 9.17) is 14.2 Å². The van der Waals surface area contributed by atoms with Crippen molar-refractivity contribution < 1.29 is 19.0 Å². The Morgan fingerprint density at radius 2 is 2.17 bits per heavy atom. The Kier molecular flexibility index (Phi) is 6.60. The third-order valence-electron chi connectivity index (χ3n) is 3.29. The predicted molar refractivity (Wildman–Crippen MR) is 68.5 cm³/mol. The summed E-state index contributed by atoms with van der Waals surface area (Å²) in [5.41, 5.74) is -0.553. The van der Waals surface area contributed by atoms with E-state index in [0.29, 0.717) is 26.2 Å². The van der Waals surface area contributed by atoms with Crippen molar-refractivity contribution in [3.63, 3.8) is 0 Å². The summed E-state index contributed by atoms with van der Waals surface area (Å²) in [6.07, 6.45) is 2.46. The van der Waals surface area contributed by atoms with E-state index >= 15 is 0 Å². The Hall–Kier alpha value is -0.650. The molecule has 0 saturated heterocycles. The highest BCUT2D eigenvalue weighted by molar-refractivity contribution is 5.81. The maximum atomic E-state index is 12.1. The highest BCUT2D eigenvalue weighted by Gasteiger charge is 2.46. The van der Waals surface area contributed by atoms with Gasteiger partial charge in [0.05, 0.1) is 25.9 Å². The summed E-state index contributed by atoms with van der Waals surface area (Å²) < 4.78 is 15.8. The lowest BCUT2D eigenvalue weighted by atomic mass is 9.97. The van der Waals surface area contributed by atoms with Gasteiger partial charge in [-0.25, -0.2) is 0 Å². The molecule has 2 unspecified atom stereocenters. The molecule has 1 aliphatic rings. The Labute approximate surface area is 109 Å². The van der Waals surface area contributed by atoms with Crippen molar-refractivity contribution in [2.24, 2.45) is 0 Å². The average Bonchev–Trinajstić information content (AvgIpc) is 2.75. The quantitative estimate of drug-likeness (QED) is 0.523. The van der Waals surface area contributed by atoms with Crippen LogP contribution in [-0.4, -0.2) is 51.1 Å². The minimum atomic E-state index is -0.553. The van der Waals surface area contributed by atoms with Gasteiger partial charge < -0.3 is 19.5 Å². The van der Waals surface area contributed by atoms with E-state index in [1.165, 1.54) is 0 Å². The zero-order valence-electron chi connectivity index (χ0n) is 11.7. The molecule has 0 aromatic carbocycles. The van der Waals surface area contributed by atoms with Crippen LogP contribution in [-0.2, 0) is 19.0 Å². The lowest BCUT2D eigenvalue weighted by Gasteiger charge is -2.27. The van der Waals surface area contributed by atoms with Crippen molar-refractivity contribution in [1.82, 2.24) is 5.32 Å². The van der Waals surface area contributed by atoms with Gasteiger partial charge in [0, 0.05) is 13.5 Å². The second kappa shape index (κ2) is 7.71. The fourth-order valence-electron chi connectivity index (χ4n) is 2.47. The molecule has 18 heavy (non-hydrogen) atoms. The van der Waals surface area contributed by atoms with Gasteiger partial charge in [0.1, 0.15) is 5.54 Å². The molecule has 2 atom stereocenters. The number of nitrogens with one attached hydrogen (secondary N) is 1. The zero-order valence-corrected chi connectivity index (χ0v) is 11.7. The maximum Gasteiger partial charge on any atom is 0.326 e. The summed E-state index contributed by atoms with van der Waals surface area (Å²) >= 11 is 0. The highest BCUT2D eigenvalue weighted by atomic mass is 16.5. The van der Waals surface area contributed by atoms with Crippen molar-refractivity contribution in [2.45, 2.75) is 44.8 Å². The van der Waals surface area contributed by atoms with Gasteiger partial charge in [-0.2, -0.15) is 0 Å². The molecule has 1 N–H and O–H groups in total. The lowest BCUT2D eigenvalue weighted by molar-refractivity contribution is -0.151. The first-order chi connectivity index (χ1) is 8.68. The molecule has 0 aromatic rings. The van der Waals surface area contributed by atoms with Crippen LogP contribution < -0.4 is 5.32 Å². The molecule has 1 rings (SSSR count). The molecule has 5 heteroatoms. The largest absolute Gasteiger partial charge is 0.465 e. The molecule has 0 amide bonds. The van der Waals surface area contributed by atoms with E-state index in [1.54, 1.807) is 7.11 Å². The first kappa shape index (κ1) is 15.4. The molecule has 5 nitrogen and oxygen atoms in total. The van der Waals surface area contributed by atoms with Gasteiger partial charge >= 0.3 is 5.97 Å². The van der Waals surface area contributed by atoms with Crippen molar-refractivity contribution in [1.29, 1.82) is 0 Å². The molecular formula is C13H25NO4. The first-order valence-electron chi connectivity index (χ1n) is 6.71. The standard InChI is InChI=1S/C13H25NO4/c1-4-14-13(12(15)17-5-2)7-6-11(10-13)18-9-8-16-3/h11,14H,4-10H2,1-3H3. The van der Waals surface area contributed by atoms with Crippen LogP contribution >= 0.6 is 0 Å². The molecule has 0 spiro atoms. The molecule has 0 radical (unpaired) electrons. The maximum absolute atomic E-state index is 12.1. The fraction of sp³-hybridized carbons (Fsp3) is 0.923. The molecule has 1 fully saturated rings. The molecule has 0 aliphatic heterocycles. The van der Waals surface area contributed by atoms with Crippen molar-refractivity contribution in [3.8, 4) is 0 Å². The molecule has 0 heterocycles. The number of carbonyl (C=O) groups is 1. The fourth-order valence-corrected chi connectivity index (χ4v) is 2.47. The number of methoxy groups -OCH3 is 1. The third kappa shape index (κ3) is 3.93. The zero-order chi connectivity index (χ0) is 13.4. The normalized spacial score (nSPS) is 27.4. The number of ether oxygens (including phenoxy) is 3. The molecular weight excluding hydrogens is 234 g/mol. The van der Waals surface area contributed by atoms with Crippen LogP contribution in [0.1, 0.15) is 33.1 Å². The molecule has 1 aliphatic carbocycles. The van der Waals surface area contributed by atoms with Crippen LogP contribution in [0, 0.1) is 0 Å². The van der Waals surface area contributed by atoms with Crippen LogP contribution in [0.4, 0.5) is 0 Å². The second-order valence-electron chi connectivity index (χ2n) is 4.56. The molecule has 106 valence electrons. The Bertz CT molecular complexity index is 259. The lowest BCUT2D eigenvalue weighted by Crippen LogP contribution is -2.51. The van der Waals surface area contributed by atoms with Gasteiger partial charge in [0.2, 0.25) is 0 Å². The van der Waals surface area contributed by atoms with Crippen LogP contribution in [0.3, 0.4) is 0 Å². The van der Waals surface area contributed by atoms with E-state index in [2.05, 4.69) is 5.32 Å². The van der Waals surface area contributed by atoms with Crippen molar-refractivity contribution in [3.05, 3.63) is 0 Å². The third-order valence-corrected chi connectivity index (χ3v) is 3.29. The number of likely N-dealkylation sites (N-methyl/N-ethyl adjacent to an activating group) is 1. The van der Waals surface area contributed by atoms with Crippen LogP contribution in [0.2, 0.25) is 0 Å². The van der Waals surface area contributed by atoms with Gasteiger partial charge in [-0.1, -0.05) is 6.92 Å². The summed E-state index contributed by atoms with van der Waals surface area (Å²) in [4.78, 5) is 12.1. The topological polar surface area (TPSA) is 56.8 Å². The summed E-state index contributed by atoms with van der Waals surface area (Å²) in [5, 5.41) is 3.28. The number of hydrogen-bond donors (Lipinski definition) is 1. The van der Waals surface area contributed by atoms with Gasteiger partial charge in [0.25, 0.3) is 0 Å². The predicted octanol–water partition coefficient (Wildman–Crippen LogP) is 1.11. The smallest absolute Gasteiger partial charge is 0.326 e. The molecule has 1 saturated carbocycles. The monoisotopic (exact) mass is 259 g/mol. The van der Waals surface area contributed by atoms with E-state index in [9.17, 15) is 4.79 Å². The van der Waals surface area contributed by atoms with E-state index in [0.717, 1.165) is 19.4 Å². The van der Waals surface area contributed by atoms with Crippen molar-refractivity contribution in [2.75, 3.05) is 33.5 Å². The number of hydrogen-bond acceptors (Lipinski definition) is 5. The number of rotatable bonds is 8. The van der Waals surface area contributed by atoms with Gasteiger partial charge in [-0.3, -0.25) is 4.79 Å². The number of carbonyl (C=O) groups excluding carboxylic acids is 1. The van der Waals surface area contributed by atoms with Crippen LogP contribution in [0.5, 0.6) is 0 Å². The van der Waals surface area contributed by atoms with Crippen molar-refractivity contribution >= 4 is 5.97 Å². The average molecular weight is 259 g/mol. The Balaban J connectivity index is 2.52. The second-order valence-corrected chi connectivity index (χ2v) is 4.56. The Morgan fingerprint density at radius 1 is 1.39 bits per heavy atom. The molecule has 0 bridgehead atoms. The minimum absolute atomic E-state index is 0.114. The molecule has 0 aromatic heterocycles. The van der Waals surface area contributed by atoms with Gasteiger partial charge in [-0.15, -0.1) is 0 Å². The van der Waals surface area contributed by atoms with Gasteiger partial charge in [0.15, 0.2) is 0 Å². The first-order valence-corrected chi connectivity index (χ1v) is 6.71. The van der Waals surface area contributed by atoms with E-state index in [-0.39, 0.29) is 12.1 Å². The van der Waals surface area contributed by atoms with E-state index in [1.807, 2.05) is 13.8 Å². The summed E-state index contributed by atoms with van der Waals surface area (Å²) in [6, 6.07) is 0. The van der Waals surface area contributed by atoms with E-state index < -0.39 is 5.54 Å².